The van der Waals surface area contributed by atoms with Crippen molar-refractivity contribution >= 4 is 32.7 Å². The maximum atomic E-state index is 13.4. The number of furan rings is 1. The lowest BCUT2D eigenvalue weighted by atomic mass is 9.80. The van der Waals surface area contributed by atoms with E-state index < -0.39 is 0 Å². The summed E-state index contributed by atoms with van der Waals surface area (Å²) in [6.45, 7) is 2.35. The van der Waals surface area contributed by atoms with E-state index in [4.69, 9.17) is 4.42 Å². The molecule has 3 aromatic rings. The van der Waals surface area contributed by atoms with E-state index in [9.17, 15) is 4.79 Å². The van der Waals surface area contributed by atoms with E-state index in [0.717, 1.165) is 40.4 Å². The molecule has 5 rings (SSSR count). The maximum absolute atomic E-state index is 13.4. The number of carbonyl (C=O) groups is 1. The molecule has 0 spiro atoms. The van der Waals surface area contributed by atoms with Crippen LogP contribution in [0.25, 0.3) is 11.0 Å². The molecule has 2 unspecified atom stereocenters. The Morgan fingerprint density at radius 3 is 2.71 bits per heavy atom. The molecule has 0 aliphatic carbocycles. The first-order valence-electron chi connectivity index (χ1n) is 10.3. The molecule has 0 bridgehead atoms. The summed E-state index contributed by atoms with van der Waals surface area (Å²) in [6.07, 6.45) is 6.14. The quantitative estimate of drug-likeness (QED) is 0.460. The molecule has 2 fully saturated rings. The average molecular weight is 438 g/mol. The highest BCUT2D eigenvalue weighted by molar-refractivity contribution is 9.10. The zero-order chi connectivity index (χ0) is 19.1. The fourth-order valence-corrected chi connectivity index (χ4v) is 5.52. The number of rotatable bonds is 3. The van der Waals surface area contributed by atoms with Crippen LogP contribution in [0.5, 0.6) is 0 Å². The molecular formula is C24H24BrNO2. The highest BCUT2D eigenvalue weighted by atomic mass is 79.9. The van der Waals surface area contributed by atoms with Crippen molar-refractivity contribution in [2.45, 2.75) is 44.1 Å². The standard InChI is InChI=1S/C24H24BrNO2/c25-20-10-3-1-8-18(20)23(27)24-22(19-9-2-4-11-21(19)28-24)16-12-14-26-13-6-5-7-17(26)15-16/h1-4,8-11,16-17H,5-7,12-15H2. The number of hydrogen-bond donors (Lipinski definition) is 0. The third-order valence-electron chi connectivity index (χ3n) is 6.44. The van der Waals surface area contributed by atoms with Crippen molar-refractivity contribution in [2.75, 3.05) is 13.1 Å². The number of piperidine rings is 2. The number of hydrogen-bond acceptors (Lipinski definition) is 3. The van der Waals surface area contributed by atoms with Crippen LogP contribution in [0.2, 0.25) is 0 Å². The lowest BCUT2D eigenvalue weighted by molar-refractivity contribution is 0.0950. The monoisotopic (exact) mass is 437 g/mol. The molecule has 28 heavy (non-hydrogen) atoms. The molecule has 0 saturated carbocycles. The van der Waals surface area contributed by atoms with Crippen molar-refractivity contribution in [3.05, 3.63) is 69.9 Å². The van der Waals surface area contributed by atoms with Crippen molar-refractivity contribution in [3.8, 4) is 0 Å². The predicted octanol–water partition coefficient (Wildman–Crippen LogP) is 6.16. The highest BCUT2D eigenvalue weighted by Crippen LogP contribution is 2.42. The molecular weight excluding hydrogens is 414 g/mol. The fourth-order valence-electron chi connectivity index (χ4n) is 5.06. The second-order valence-corrected chi connectivity index (χ2v) is 8.91. The summed E-state index contributed by atoms with van der Waals surface area (Å²) in [4.78, 5) is 16.1. The molecule has 2 saturated heterocycles. The minimum atomic E-state index is -0.0234. The van der Waals surface area contributed by atoms with E-state index in [-0.39, 0.29) is 5.78 Å². The summed E-state index contributed by atoms with van der Waals surface area (Å²) in [5.74, 6) is 0.886. The van der Waals surface area contributed by atoms with Gasteiger partial charge in [-0.3, -0.25) is 4.79 Å². The third-order valence-corrected chi connectivity index (χ3v) is 7.13. The molecule has 144 valence electrons. The first kappa shape index (κ1) is 18.1. The number of fused-ring (bicyclic) bond motifs is 2. The predicted molar refractivity (Wildman–Crippen MR) is 115 cm³/mol. The van der Waals surface area contributed by atoms with Crippen LogP contribution >= 0.6 is 15.9 Å². The van der Waals surface area contributed by atoms with Crippen molar-refractivity contribution in [1.82, 2.24) is 4.90 Å². The number of benzene rings is 2. The van der Waals surface area contributed by atoms with E-state index in [0.29, 0.717) is 23.3 Å². The number of para-hydroxylation sites is 1. The Morgan fingerprint density at radius 2 is 1.82 bits per heavy atom. The number of halogens is 1. The van der Waals surface area contributed by atoms with Crippen LogP contribution in [0.15, 0.2) is 57.4 Å². The maximum Gasteiger partial charge on any atom is 0.229 e. The molecule has 4 heteroatoms. The van der Waals surface area contributed by atoms with Gasteiger partial charge in [-0.25, -0.2) is 0 Å². The van der Waals surface area contributed by atoms with Gasteiger partial charge in [0.25, 0.3) is 0 Å². The molecule has 0 N–H and O–H groups in total. The van der Waals surface area contributed by atoms with Crippen molar-refractivity contribution < 1.29 is 9.21 Å². The summed E-state index contributed by atoms with van der Waals surface area (Å²) < 4.78 is 6.99. The zero-order valence-corrected chi connectivity index (χ0v) is 17.5. The Bertz CT molecular complexity index is 1020. The van der Waals surface area contributed by atoms with Crippen LogP contribution in [0, 0.1) is 0 Å². The first-order chi connectivity index (χ1) is 13.7. The van der Waals surface area contributed by atoms with E-state index in [1.807, 2.05) is 42.5 Å². The summed E-state index contributed by atoms with van der Waals surface area (Å²) >= 11 is 3.53. The Morgan fingerprint density at radius 1 is 1.00 bits per heavy atom. The first-order valence-corrected chi connectivity index (χ1v) is 11.1. The van der Waals surface area contributed by atoms with Gasteiger partial charge < -0.3 is 9.32 Å². The molecule has 2 aliphatic rings. The van der Waals surface area contributed by atoms with Crippen molar-refractivity contribution in [1.29, 1.82) is 0 Å². The Labute approximate surface area is 173 Å². The van der Waals surface area contributed by atoms with Crippen LogP contribution in [-0.2, 0) is 0 Å². The molecule has 3 heterocycles. The van der Waals surface area contributed by atoms with E-state index in [1.165, 1.54) is 25.8 Å². The van der Waals surface area contributed by atoms with Gasteiger partial charge in [0, 0.05) is 27.0 Å². The lowest BCUT2D eigenvalue weighted by Crippen LogP contribution is -2.44. The summed E-state index contributed by atoms with van der Waals surface area (Å²) in [5.41, 5.74) is 2.61. The minimum Gasteiger partial charge on any atom is -0.452 e. The van der Waals surface area contributed by atoms with Crippen LogP contribution in [-0.4, -0.2) is 29.8 Å². The van der Waals surface area contributed by atoms with E-state index in [2.05, 4.69) is 26.9 Å². The molecule has 3 nitrogen and oxygen atoms in total. The van der Waals surface area contributed by atoms with Gasteiger partial charge in [-0.2, -0.15) is 0 Å². The molecule has 0 radical (unpaired) electrons. The van der Waals surface area contributed by atoms with Gasteiger partial charge in [0.15, 0.2) is 5.76 Å². The second kappa shape index (κ2) is 7.49. The highest BCUT2D eigenvalue weighted by Gasteiger charge is 2.35. The number of ketones is 1. The Hall–Kier alpha value is -1.91. The zero-order valence-electron chi connectivity index (χ0n) is 15.9. The smallest absolute Gasteiger partial charge is 0.229 e. The van der Waals surface area contributed by atoms with Gasteiger partial charge >= 0.3 is 0 Å². The van der Waals surface area contributed by atoms with Crippen LogP contribution in [0.3, 0.4) is 0 Å². The fraction of sp³-hybridized carbons (Fsp3) is 0.375. The molecule has 0 amide bonds. The lowest BCUT2D eigenvalue weighted by Gasteiger charge is -2.42. The second-order valence-electron chi connectivity index (χ2n) is 8.06. The summed E-state index contributed by atoms with van der Waals surface area (Å²) in [7, 11) is 0. The topological polar surface area (TPSA) is 33.5 Å². The molecule has 1 aromatic heterocycles. The van der Waals surface area contributed by atoms with Gasteiger partial charge in [0.2, 0.25) is 5.78 Å². The van der Waals surface area contributed by atoms with E-state index in [1.54, 1.807) is 0 Å². The summed E-state index contributed by atoms with van der Waals surface area (Å²) in [5, 5.41) is 1.10. The van der Waals surface area contributed by atoms with Gasteiger partial charge in [0.05, 0.1) is 0 Å². The van der Waals surface area contributed by atoms with Crippen LogP contribution < -0.4 is 0 Å². The molecule has 2 aromatic carbocycles. The Balaban J connectivity index is 1.59. The van der Waals surface area contributed by atoms with Crippen molar-refractivity contribution in [3.63, 3.8) is 0 Å². The van der Waals surface area contributed by atoms with Gasteiger partial charge in [-0.1, -0.05) is 52.7 Å². The van der Waals surface area contributed by atoms with Crippen LogP contribution in [0.4, 0.5) is 0 Å². The normalized spacial score (nSPS) is 22.9. The van der Waals surface area contributed by atoms with E-state index >= 15 is 0 Å². The molecule has 2 aliphatic heterocycles. The van der Waals surface area contributed by atoms with Gasteiger partial charge in [-0.05, 0) is 62.9 Å². The third kappa shape index (κ3) is 3.13. The van der Waals surface area contributed by atoms with Crippen LogP contribution in [0.1, 0.15) is 59.7 Å². The average Bonchev–Trinajstić information content (AvgIpc) is 3.13. The summed E-state index contributed by atoms with van der Waals surface area (Å²) in [6, 6.07) is 16.4. The number of nitrogens with zero attached hydrogens (tertiary/aromatic N) is 1. The molecule has 2 atom stereocenters. The SMILES string of the molecule is O=C(c1ccccc1Br)c1oc2ccccc2c1C1CCN2CCCCC2C1. The Kier molecular flexibility index (Phi) is 4.85. The van der Waals surface area contributed by atoms with Gasteiger partial charge in [-0.15, -0.1) is 0 Å². The van der Waals surface area contributed by atoms with Crippen molar-refractivity contribution in [2.24, 2.45) is 0 Å². The number of carbonyl (C=O) groups excluding carboxylic acids is 1. The van der Waals surface area contributed by atoms with Gasteiger partial charge in [0.1, 0.15) is 5.58 Å². The minimum absolute atomic E-state index is 0.0234. The largest absolute Gasteiger partial charge is 0.452 e.